The Morgan fingerprint density at radius 1 is 1.20 bits per heavy atom. The summed E-state index contributed by atoms with van der Waals surface area (Å²) in [6.07, 6.45) is 3.21. The number of nitrogens with zero attached hydrogens (tertiary/aromatic N) is 3. The number of esters is 1. The Morgan fingerprint density at radius 2 is 2.00 bits per heavy atom. The molecule has 1 aromatic carbocycles. The number of hydrazone groups is 1. The molecule has 1 aliphatic heterocycles. The average Bonchev–Trinajstić information content (AvgIpc) is 3.17. The van der Waals surface area contributed by atoms with Crippen molar-refractivity contribution >= 4 is 12.2 Å². The first kappa shape index (κ1) is 17.0. The zero-order valence-corrected chi connectivity index (χ0v) is 14.3. The largest absolute Gasteiger partial charge is 0.493 e. The van der Waals surface area contributed by atoms with Crippen LogP contribution in [0, 0.1) is 0 Å². The third kappa shape index (κ3) is 4.39. The van der Waals surface area contributed by atoms with Crippen molar-refractivity contribution in [2.45, 2.75) is 0 Å². The number of carbonyl (C=O) groups is 1. The molecule has 0 atom stereocenters. The Morgan fingerprint density at radius 3 is 2.68 bits per heavy atom. The molecular weight excluding hydrogens is 322 g/mol. The van der Waals surface area contributed by atoms with E-state index >= 15 is 0 Å². The molecule has 0 unspecified atom stereocenters. The second kappa shape index (κ2) is 7.85. The summed E-state index contributed by atoms with van der Waals surface area (Å²) >= 11 is 0. The molecule has 25 heavy (non-hydrogen) atoms. The molecule has 0 bridgehead atoms. The predicted molar refractivity (Wildman–Crippen MR) is 93.3 cm³/mol. The van der Waals surface area contributed by atoms with Crippen molar-refractivity contribution < 1.29 is 18.7 Å². The predicted octanol–water partition coefficient (Wildman–Crippen LogP) is 2.09. The molecular formula is C18H21N3O4. The molecule has 1 aliphatic rings. The number of likely N-dealkylation sites (N-methyl/N-ethyl adjacent to an activating group) is 1. The van der Waals surface area contributed by atoms with Crippen LogP contribution in [-0.4, -0.2) is 62.4 Å². The summed E-state index contributed by atoms with van der Waals surface area (Å²) in [6.45, 7) is 3.82. The summed E-state index contributed by atoms with van der Waals surface area (Å²) in [6, 6.07) is 8.47. The molecule has 2 aromatic rings. The highest BCUT2D eigenvalue weighted by Crippen LogP contribution is 2.28. The van der Waals surface area contributed by atoms with Crippen molar-refractivity contribution in [3.63, 3.8) is 0 Å². The van der Waals surface area contributed by atoms with Crippen LogP contribution in [0.15, 0.2) is 46.1 Å². The Kier molecular flexibility index (Phi) is 5.35. The maximum absolute atomic E-state index is 12.0. The van der Waals surface area contributed by atoms with Crippen LogP contribution in [0.1, 0.15) is 16.1 Å². The van der Waals surface area contributed by atoms with Crippen molar-refractivity contribution in [2.24, 2.45) is 5.10 Å². The van der Waals surface area contributed by atoms with Gasteiger partial charge in [-0.3, -0.25) is 5.01 Å². The number of methoxy groups -OCH3 is 1. The van der Waals surface area contributed by atoms with Crippen LogP contribution in [0.25, 0.3) is 0 Å². The second-order valence-corrected chi connectivity index (χ2v) is 5.78. The van der Waals surface area contributed by atoms with E-state index in [0.717, 1.165) is 31.7 Å². The van der Waals surface area contributed by atoms with Gasteiger partial charge in [0.05, 0.1) is 19.6 Å². The van der Waals surface area contributed by atoms with Gasteiger partial charge in [-0.25, -0.2) is 4.79 Å². The van der Waals surface area contributed by atoms with Gasteiger partial charge in [0.2, 0.25) is 5.76 Å². The fourth-order valence-corrected chi connectivity index (χ4v) is 2.45. The molecule has 0 radical (unpaired) electrons. The molecule has 0 amide bonds. The van der Waals surface area contributed by atoms with Gasteiger partial charge in [-0.2, -0.15) is 5.10 Å². The quantitative estimate of drug-likeness (QED) is 0.470. The highest BCUT2D eigenvalue weighted by Gasteiger charge is 2.15. The Hall–Kier alpha value is -2.80. The minimum absolute atomic E-state index is 0.141. The molecule has 1 aromatic heterocycles. The first-order valence-electron chi connectivity index (χ1n) is 8.07. The van der Waals surface area contributed by atoms with Gasteiger partial charge >= 0.3 is 5.97 Å². The zero-order chi connectivity index (χ0) is 17.6. The maximum Gasteiger partial charge on any atom is 0.379 e. The monoisotopic (exact) mass is 343 g/mol. The van der Waals surface area contributed by atoms with Crippen LogP contribution < -0.4 is 9.47 Å². The summed E-state index contributed by atoms with van der Waals surface area (Å²) in [5.41, 5.74) is 0.869. The number of furan rings is 1. The summed E-state index contributed by atoms with van der Waals surface area (Å²) < 4.78 is 15.7. The lowest BCUT2D eigenvalue weighted by molar-refractivity contribution is 0.0696. The van der Waals surface area contributed by atoms with Gasteiger partial charge in [0.25, 0.3) is 0 Å². The number of hydrogen-bond acceptors (Lipinski definition) is 7. The Bertz CT molecular complexity index is 735. The van der Waals surface area contributed by atoms with Crippen LogP contribution in [-0.2, 0) is 0 Å². The lowest BCUT2D eigenvalue weighted by Crippen LogP contribution is -2.41. The van der Waals surface area contributed by atoms with E-state index in [1.54, 1.807) is 30.5 Å². The number of rotatable bonds is 5. The van der Waals surface area contributed by atoms with E-state index in [1.807, 2.05) is 11.1 Å². The van der Waals surface area contributed by atoms with Gasteiger partial charge in [-0.1, -0.05) is 0 Å². The van der Waals surface area contributed by atoms with E-state index in [-0.39, 0.29) is 5.76 Å². The van der Waals surface area contributed by atoms with E-state index < -0.39 is 5.97 Å². The van der Waals surface area contributed by atoms with Crippen molar-refractivity contribution in [1.29, 1.82) is 0 Å². The first-order chi connectivity index (χ1) is 12.2. The molecule has 132 valence electrons. The highest BCUT2D eigenvalue weighted by molar-refractivity contribution is 5.89. The van der Waals surface area contributed by atoms with Crippen molar-refractivity contribution in [3.8, 4) is 11.5 Å². The van der Waals surface area contributed by atoms with E-state index in [2.05, 4.69) is 17.0 Å². The molecule has 0 spiro atoms. The summed E-state index contributed by atoms with van der Waals surface area (Å²) in [4.78, 5) is 14.3. The third-order valence-electron chi connectivity index (χ3n) is 3.96. The lowest BCUT2D eigenvalue weighted by Gasteiger charge is -2.30. The van der Waals surface area contributed by atoms with Crippen LogP contribution in [0.3, 0.4) is 0 Å². The van der Waals surface area contributed by atoms with Gasteiger partial charge in [-0.05, 0) is 42.9 Å². The molecule has 0 aliphatic carbocycles. The minimum Gasteiger partial charge on any atom is -0.493 e. The molecule has 2 heterocycles. The SMILES string of the molecule is COc1cc(/C=N\N2CCN(C)CC2)ccc1OC(=O)c1ccco1. The van der Waals surface area contributed by atoms with Crippen LogP contribution in [0.4, 0.5) is 0 Å². The van der Waals surface area contributed by atoms with Crippen LogP contribution in [0.5, 0.6) is 11.5 Å². The van der Waals surface area contributed by atoms with E-state index in [9.17, 15) is 4.79 Å². The Labute approximate surface area is 146 Å². The number of hydrogen-bond donors (Lipinski definition) is 0. The van der Waals surface area contributed by atoms with Gasteiger partial charge in [-0.15, -0.1) is 0 Å². The molecule has 3 rings (SSSR count). The molecule has 7 nitrogen and oxygen atoms in total. The fourth-order valence-electron chi connectivity index (χ4n) is 2.45. The van der Waals surface area contributed by atoms with Crippen molar-refractivity contribution in [1.82, 2.24) is 9.91 Å². The van der Waals surface area contributed by atoms with E-state index in [4.69, 9.17) is 13.9 Å². The first-order valence-corrected chi connectivity index (χ1v) is 8.07. The molecule has 1 fully saturated rings. The van der Waals surface area contributed by atoms with Crippen molar-refractivity contribution in [2.75, 3.05) is 40.3 Å². The van der Waals surface area contributed by atoms with E-state index in [1.165, 1.54) is 13.4 Å². The standard InChI is InChI=1S/C18H21N3O4/c1-20-7-9-21(10-8-20)19-13-14-5-6-15(17(12-14)23-2)25-18(22)16-4-3-11-24-16/h3-6,11-13H,7-10H2,1-2H3/b19-13-. The molecule has 0 saturated carbocycles. The number of carbonyl (C=O) groups excluding carboxylic acids is 1. The number of ether oxygens (including phenoxy) is 2. The number of benzene rings is 1. The second-order valence-electron chi connectivity index (χ2n) is 5.78. The third-order valence-corrected chi connectivity index (χ3v) is 3.96. The van der Waals surface area contributed by atoms with E-state index in [0.29, 0.717) is 11.5 Å². The minimum atomic E-state index is -0.567. The summed E-state index contributed by atoms with van der Waals surface area (Å²) in [5, 5.41) is 6.54. The van der Waals surface area contributed by atoms with Gasteiger partial charge in [0.1, 0.15) is 0 Å². The smallest absolute Gasteiger partial charge is 0.379 e. The normalized spacial score (nSPS) is 15.5. The fraction of sp³-hybridized carbons (Fsp3) is 0.333. The van der Waals surface area contributed by atoms with Crippen molar-refractivity contribution in [3.05, 3.63) is 47.9 Å². The lowest BCUT2D eigenvalue weighted by atomic mass is 10.2. The topological polar surface area (TPSA) is 67.5 Å². The maximum atomic E-state index is 12.0. The zero-order valence-electron chi connectivity index (χ0n) is 14.3. The van der Waals surface area contributed by atoms with Crippen LogP contribution in [0.2, 0.25) is 0 Å². The molecule has 7 heteroatoms. The van der Waals surface area contributed by atoms with Gasteiger partial charge < -0.3 is 18.8 Å². The summed E-state index contributed by atoms with van der Waals surface area (Å²) in [7, 11) is 3.63. The summed E-state index contributed by atoms with van der Waals surface area (Å²) in [5.74, 6) is 0.368. The molecule has 1 saturated heterocycles. The Balaban J connectivity index is 1.68. The van der Waals surface area contributed by atoms with Gasteiger partial charge in [0, 0.05) is 26.2 Å². The number of piperazine rings is 1. The highest BCUT2D eigenvalue weighted by atomic mass is 16.6. The van der Waals surface area contributed by atoms with Gasteiger partial charge in [0.15, 0.2) is 11.5 Å². The van der Waals surface area contributed by atoms with Crippen LogP contribution >= 0.6 is 0 Å². The molecule has 0 N–H and O–H groups in total. The average molecular weight is 343 g/mol.